The fourth-order valence-corrected chi connectivity index (χ4v) is 3.54. The molecule has 2 N–H and O–H groups in total. The van der Waals surface area contributed by atoms with Gasteiger partial charge in [-0.25, -0.2) is 4.99 Å². The van der Waals surface area contributed by atoms with Gasteiger partial charge in [-0.3, -0.25) is 3.96 Å². The highest BCUT2D eigenvalue weighted by Crippen LogP contribution is 2.19. The van der Waals surface area contributed by atoms with E-state index in [4.69, 9.17) is 4.98 Å². The summed E-state index contributed by atoms with van der Waals surface area (Å²) in [5, 5.41) is 0. The first kappa shape index (κ1) is 20.6. The van der Waals surface area contributed by atoms with E-state index in [1.165, 1.54) is 5.56 Å². The number of para-hydroxylation sites is 1. The van der Waals surface area contributed by atoms with Gasteiger partial charge in [-0.1, -0.05) is 78.9 Å². The quantitative estimate of drug-likeness (QED) is 0.500. The number of benzene rings is 3. The van der Waals surface area contributed by atoms with Crippen LogP contribution in [0.2, 0.25) is 0 Å². The lowest BCUT2D eigenvalue weighted by atomic mass is 10.2. The summed E-state index contributed by atoms with van der Waals surface area (Å²) in [6, 6.07) is 30.7. The lowest BCUT2D eigenvalue weighted by molar-refractivity contribution is 0.824. The molecule has 0 saturated carbocycles. The van der Waals surface area contributed by atoms with Crippen LogP contribution in [-0.4, -0.2) is 14.4 Å². The summed E-state index contributed by atoms with van der Waals surface area (Å²) in [4.78, 5) is 10.2. The summed E-state index contributed by atoms with van der Waals surface area (Å²) < 4.78 is 2.20. The molecule has 0 spiro atoms. The van der Waals surface area contributed by atoms with E-state index in [1.54, 1.807) is 11.5 Å². The molecule has 0 saturated heterocycles. The second-order valence-electron chi connectivity index (χ2n) is 5.64. The van der Waals surface area contributed by atoms with Gasteiger partial charge in [0.05, 0.1) is 12.2 Å². The van der Waals surface area contributed by atoms with E-state index < -0.39 is 0 Å². The second-order valence-corrected chi connectivity index (χ2v) is 6.63. The maximum absolute atomic E-state index is 4.79. The molecule has 0 bridgehead atoms. The van der Waals surface area contributed by atoms with Gasteiger partial charge in [0.25, 0.3) is 0 Å². The largest absolute Gasteiger partial charge is 0.412 e. The maximum atomic E-state index is 4.79. The highest BCUT2D eigenvalue weighted by Gasteiger charge is 2.09. The highest BCUT2D eigenvalue weighted by atomic mass is 35.5. The Labute approximate surface area is 168 Å². The first-order valence-electron chi connectivity index (χ1n) is 8.16. The Hall–Kier alpha value is -2.73. The molecule has 27 heavy (non-hydrogen) atoms. The number of hydrogen-bond acceptors (Lipinski definition) is 3. The van der Waals surface area contributed by atoms with Crippen molar-refractivity contribution in [3.63, 3.8) is 0 Å². The van der Waals surface area contributed by atoms with Crippen molar-refractivity contribution >= 4 is 29.6 Å². The Kier molecular flexibility index (Phi) is 7.49. The van der Waals surface area contributed by atoms with Crippen molar-refractivity contribution in [1.29, 1.82) is 0 Å². The first-order valence-corrected chi connectivity index (χ1v) is 8.93. The topological polar surface area (TPSA) is 61.7 Å². The zero-order valence-corrected chi connectivity index (χ0v) is 16.2. The lowest BCUT2D eigenvalue weighted by Gasteiger charge is -2.06. The Morgan fingerprint density at radius 1 is 0.778 bits per heavy atom. The van der Waals surface area contributed by atoms with Crippen LogP contribution in [0.4, 0.5) is 5.69 Å². The summed E-state index contributed by atoms with van der Waals surface area (Å²) >= 11 is 1.58. The lowest BCUT2D eigenvalue weighted by Crippen LogP contribution is -1.99. The molecule has 0 aliphatic heterocycles. The fraction of sp³-hybridized carbons (Fsp3) is 0.0476. The molecular weight excluding hydrogens is 378 g/mol. The summed E-state index contributed by atoms with van der Waals surface area (Å²) in [6.45, 7) is 0.785. The summed E-state index contributed by atoms with van der Waals surface area (Å²) in [5.74, 6) is 0.948. The minimum atomic E-state index is 0. The van der Waals surface area contributed by atoms with Gasteiger partial charge in [0.1, 0.15) is 0 Å². The van der Waals surface area contributed by atoms with Crippen molar-refractivity contribution in [3.8, 4) is 11.4 Å². The predicted molar refractivity (Wildman–Crippen MR) is 114 cm³/mol. The van der Waals surface area contributed by atoms with Crippen LogP contribution in [0.5, 0.6) is 0 Å². The molecule has 6 heteroatoms. The minimum Gasteiger partial charge on any atom is -0.412 e. The average Bonchev–Trinajstić information content (AvgIpc) is 3.06. The van der Waals surface area contributed by atoms with Crippen LogP contribution in [0, 0.1) is 0 Å². The van der Waals surface area contributed by atoms with Crippen LogP contribution >= 0.6 is 23.9 Å². The normalized spacial score (nSPS) is 10.7. The highest BCUT2D eigenvalue weighted by molar-refractivity contribution is 7.03. The van der Waals surface area contributed by atoms with Gasteiger partial charge in [-0.05, 0) is 29.2 Å². The van der Waals surface area contributed by atoms with E-state index in [0.717, 1.165) is 28.4 Å². The molecule has 0 aliphatic rings. The Morgan fingerprint density at radius 2 is 1.33 bits per heavy atom. The van der Waals surface area contributed by atoms with Gasteiger partial charge >= 0.3 is 0 Å². The van der Waals surface area contributed by atoms with Crippen molar-refractivity contribution in [2.24, 2.45) is 4.99 Å². The van der Waals surface area contributed by atoms with Crippen LogP contribution in [0.3, 0.4) is 0 Å². The van der Waals surface area contributed by atoms with E-state index in [-0.39, 0.29) is 17.9 Å². The van der Waals surface area contributed by atoms with Crippen molar-refractivity contribution in [1.82, 2.24) is 8.94 Å². The second kappa shape index (κ2) is 9.83. The molecule has 0 atom stereocenters. The zero-order chi connectivity index (χ0) is 16.9. The molecule has 0 amide bonds. The molecule has 0 fully saturated rings. The Bertz CT molecular complexity index is 1020. The van der Waals surface area contributed by atoms with Gasteiger partial charge in [-0.2, -0.15) is 4.98 Å². The van der Waals surface area contributed by atoms with Gasteiger partial charge in [0, 0.05) is 5.56 Å². The smallest absolute Gasteiger partial charge is 0.227 e. The van der Waals surface area contributed by atoms with Gasteiger partial charge in [0.2, 0.25) is 4.80 Å². The Balaban J connectivity index is 0.00000131. The van der Waals surface area contributed by atoms with Crippen LogP contribution in [-0.2, 0) is 6.54 Å². The molecule has 4 rings (SSSR count). The standard InChI is InChI=1S/C21H17N3S.ClH.H2O/c1-4-10-17(11-5-1)16-24-20(18-12-6-2-7-13-18)23-21(25-24)22-19-14-8-3-9-15-19;;/h1-15H,16H2;1H;1H2. The third-order valence-electron chi connectivity index (χ3n) is 3.81. The van der Waals surface area contributed by atoms with Crippen molar-refractivity contribution < 1.29 is 5.48 Å². The Morgan fingerprint density at radius 3 is 1.96 bits per heavy atom. The fourth-order valence-electron chi connectivity index (χ4n) is 2.62. The number of aromatic nitrogens is 2. The van der Waals surface area contributed by atoms with E-state index >= 15 is 0 Å². The molecule has 0 unspecified atom stereocenters. The number of nitrogens with zero attached hydrogens (tertiary/aromatic N) is 3. The first-order chi connectivity index (χ1) is 12.4. The van der Waals surface area contributed by atoms with Gasteiger partial charge < -0.3 is 5.48 Å². The van der Waals surface area contributed by atoms with Crippen LogP contribution < -0.4 is 4.80 Å². The predicted octanol–water partition coefficient (Wildman–Crippen LogP) is 4.49. The van der Waals surface area contributed by atoms with Gasteiger partial charge in [-0.15, -0.1) is 12.4 Å². The molecule has 0 radical (unpaired) electrons. The van der Waals surface area contributed by atoms with Crippen molar-refractivity contribution in [3.05, 3.63) is 101 Å². The SMILES string of the molecule is Cl.O.c1ccc(Cn2sc(=Nc3ccccc3)nc2-c2ccccc2)cc1. The molecule has 0 aliphatic carbocycles. The maximum Gasteiger partial charge on any atom is 0.227 e. The summed E-state index contributed by atoms with van der Waals surface area (Å²) in [6.07, 6.45) is 0. The molecule has 4 nitrogen and oxygen atoms in total. The number of halogens is 1. The van der Waals surface area contributed by atoms with Crippen molar-refractivity contribution in [2.45, 2.75) is 6.54 Å². The van der Waals surface area contributed by atoms with E-state index in [2.05, 4.69) is 45.3 Å². The molecule has 1 aromatic heterocycles. The molecule has 1 heterocycles. The van der Waals surface area contributed by atoms with E-state index in [0.29, 0.717) is 0 Å². The third-order valence-corrected chi connectivity index (χ3v) is 4.68. The summed E-state index contributed by atoms with van der Waals surface area (Å²) in [5.41, 5.74) is 3.27. The number of hydrogen-bond donors (Lipinski definition) is 0. The average molecular weight is 398 g/mol. The molecule has 3 aromatic carbocycles. The minimum absolute atomic E-state index is 0. The molecule has 138 valence electrons. The van der Waals surface area contributed by atoms with Gasteiger partial charge in [0.15, 0.2) is 5.82 Å². The van der Waals surface area contributed by atoms with Crippen LogP contribution in [0.15, 0.2) is 96.0 Å². The van der Waals surface area contributed by atoms with Crippen LogP contribution in [0.1, 0.15) is 5.56 Å². The van der Waals surface area contributed by atoms with E-state index in [1.807, 2.05) is 54.6 Å². The number of rotatable bonds is 4. The monoisotopic (exact) mass is 397 g/mol. The zero-order valence-electron chi connectivity index (χ0n) is 14.5. The van der Waals surface area contributed by atoms with Crippen LogP contribution in [0.25, 0.3) is 11.4 Å². The van der Waals surface area contributed by atoms with Crippen molar-refractivity contribution in [2.75, 3.05) is 0 Å². The molecule has 4 aromatic rings. The summed E-state index contributed by atoms with van der Waals surface area (Å²) in [7, 11) is 0. The molecular formula is C21H20ClN3OS. The van der Waals surface area contributed by atoms with E-state index in [9.17, 15) is 0 Å². The third kappa shape index (κ3) is 5.14.